The van der Waals surface area contributed by atoms with E-state index in [1.54, 1.807) is 12.1 Å². The van der Waals surface area contributed by atoms with Crippen molar-refractivity contribution in [3.63, 3.8) is 0 Å². The molecule has 1 amide bonds. The fourth-order valence-corrected chi connectivity index (χ4v) is 3.50. The van der Waals surface area contributed by atoms with E-state index in [4.69, 9.17) is 0 Å². The molecule has 2 atom stereocenters. The number of benzene rings is 2. The summed E-state index contributed by atoms with van der Waals surface area (Å²) in [5, 5.41) is 0. The fraction of sp³-hybridized carbons (Fsp3) is 0.381. The van der Waals surface area contributed by atoms with Crippen molar-refractivity contribution in [2.24, 2.45) is 5.92 Å². The molecule has 0 bridgehead atoms. The van der Waals surface area contributed by atoms with Gasteiger partial charge >= 0.3 is 0 Å². The summed E-state index contributed by atoms with van der Waals surface area (Å²) in [7, 11) is 2.10. The molecule has 0 aromatic heterocycles. The third-order valence-corrected chi connectivity index (χ3v) is 5.05. The fourth-order valence-electron chi connectivity index (χ4n) is 3.50. The van der Waals surface area contributed by atoms with E-state index in [2.05, 4.69) is 24.1 Å². The smallest absolute Gasteiger partial charge is 0.225 e. The van der Waals surface area contributed by atoms with E-state index in [9.17, 15) is 9.18 Å². The van der Waals surface area contributed by atoms with Crippen LogP contribution in [0.3, 0.4) is 0 Å². The van der Waals surface area contributed by atoms with Crippen LogP contribution in [0.25, 0.3) is 0 Å². The van der Waals surface area contributed by atoms with E-state index >= 15 is 0 Å². The molecule has 0 radical (unpaired) electrons. The molecule has 2 aromatic carbocycles. The van der Waals surface area contributed by atoms with E-state index in [1.165, 1.54) is 11.6 Å². The van der Waals surface area contributed by atoms with Crippen LogP contribution in [0.1, 0.15) is 24.1 Å². The normalized spacial score (nSPS) is 19.6. The predicted molar refractivity (Wildman–Crippen MR) is 97.7 cm³/mol. The van der Waals surface area contributed by atoms with Crippen molar-refractivity contribution in [1.29, 1.82) is 0 Å². The molecule has 2 unspecified atom stereocenters. The quantitative estimate of drug-likeness (QED) is 0.850. The van der Waals surface area contributed by atoms with Gasteiger partial charge in [-0.2, -0.15) is 0 Å². The monoisotopic (exact) mass is 340 g/mol. The van der Waals surface area contributed by atoms with Gasteiger partial charge in [0.25, 0.3) is 0 Å². The molecule has 0 saturated carbocycles. The molecule has 1 saturated heterocycles. The molecule has 3 rings (SSSR count). The number of piperazine rings is 1. The summed E-state index contributed by atoms with van der Waals surface area (Å²) in [6, 6.07) is 17.2. The van der Waals surface area contributed by atoms with Crippen molar-refractivity contribution in [3.8, 4) is 0 Å². The Morgan fingerprint density at radius 1 is 1.12 bits per heavy atom. The lowest BCUT2D eigenvalue weighted by atomic mass is 9.97. The molecule has 132 valence electrons. The Hall–Kier alpha value is -2.20. The highest BCUT2D eigenvalue weighted by atomic mass is 19.1. The number of likely N-dealkylation sites (N-methyl/N-ethyl adjacent to an activating group) is 1. The molecule has 1 fully saturated rings. The Labute approximate surface area is 149 Å². The number of amides is 1. The third kappa shape index (κ3) is 4.07. The molecule has 1 aliphatic rings. The van der Waals surface area contributed by atoms with E-state index < -0.39 is 0 Å². The highest BCUT2D eigenvalue weighted by molar-refractivity contribution is 5.79. The first kappa shape index (κ1) is 17.6. The maximum absolute atomic E-state index is 13.9. The van der Waals surface area contributed by atoms with Gasteiger partial charge in [-0.3, -0.25) is 9.69 Å². The Kier molecular flexibility index (Phi) is 5.49. The van der Waals surface area contributed by atoms with Crippen molar-refractivity contribution < 1.29 is 9.18 Å². The van der Waals surface area contributed by atoms with Gasteiger partial charge in [0.1, 0.15) is 5.82 Å². The summed E-state index contributed by atoms with van der Waals surface area (Å²) in [5.74, 6) is -0.350. The van der Waals surface area contributed by atoms with E-state index in [-0.39, 0.29) is 23.7 Å². The van der Waals surface area contributed by atoms with Crippen molar-refractivity contribution >= 4 is 5.91 Å². The number of carbonyl (C=O) groups excluding carboxylic acids is 1. The lowest BCUT2D eigenvalue weighted by Crippen LogP contribution is -2.50. The van der Waals surface area contributed by atoms with E-state index in [1.807, 2.05) is 36.1 Å². The Balaban J connectivity index is 1.68. The van der Waals surface area contributed by atoms with Crippen molar-refractivity contribution in [2.75, 3.05) is 26.7 Å². The number of rotatable bonds is 4. The first-order valence-electron chi connectivity index (χ1n) is 8.83. The number of nitrogens with zero attached hydrogens (tertiary/aromatic N) is 2. The van der Waals surface area contributed by atoms with Gasteiger partial charge in [-0.1, -0.05) is 55.5 Å². The van der Waals surface area contributed by atoms with Crippen LogP contribution in [0, 0.1) is 11.7 Å². The molecule has 0 N–H and O–H groups in total. The van der Waals surface area contributed by atoms with Crippen LogP contribution in [0.4, 0.5) is 4.39 Å². The van der Waals surface area contributed by atoms with Crippen molar-refractivity contribution in [2.45, 2.75) is 19.4 Å². The largest absolute Gasteiger partial charge is 0.339 e. The zero-order valence-electron chi connectivity index (χ0n) is 14.9. The van der Waals surface area contributed by atoms with Gasteiger partial charge in [0.05, 0.1) is 6.04 Å². The molecular formula is C21H25FN2O. The summed E-state index contributed by atoms with van der Waals surface area (Å²) in [5.41, 5.74) is 1.83. The second-order valence-corrected chi connectivity index (χ2v) is 6.89. The lowest BCUT2D eigenvalue weighted by molar-refractivity contribution is -0.137. The lowest BCUT2D eigenvalue weighted by Gasteiger charge is -2.40. The minimum Gasteiger partial charge on any atom is -0.339 e. The standard InChI is InChI=1S/C21H25FN2O/c1-16(14-18-10-6-7-11-19(18)22)21(25)24-13-12-23(2)20(15-24)17-8-4-3-5-9-17/h3-11,16,20H,12-15H2,1-2H3. The van der Waals surface area contributed by atoms with Gasteiger partial charge in [-0.15, -0.1) is 0 Å². The summed E-state index contributed by atoms with van der Waals surface area (Å²) < 4.78 is 13.9. The second-order valence-electron chi connectivity index (χ2n) is 6.89. The highest BCUT2D eigenvalue weighted by Crippen LogP contribution is 2.25. The topological polar surface area (TPSA) is 23.6 Å². The SMILES string of the molecule is CC(Cc1ccccc1F)C(=O)N1CCN(C)C(c2ccccc2)C1. The van der Waals surface area contributed by atoms with E-state index in [0.29, 0.717) is 18.5 Å². The molecule has 2 aromatic rings. The van der Waals surface area contributed by atoms with Crippen LogP contribution in [-0.4, -0.2) is 42.4 Å². The van der Waals surface area contributed by atoms with Gasteiger partial charge in [-0.05, 0) is 30.7 Å². The molecule has 4 heteroatoms. The van der Waals surface area contributed by atoms with E-state index in [0.717, 1.165) is 13.1 Å². The predicted octanol–water partition coefficient (Wildman–Crippen LogP) is 3.52. The second kappa shape index (κ2) is 7.79. The van der Waals surface area contributed by atoms with Crippen molar-refractivity contribution in [3.05, 3.63) is 71.5 Å². The molecular weight excluding hydrogens is 315 g/mol. The first-order valence-corrected chi connectivity index (χ1v) is 8.83. The van der Waals surface area contributed by atoms with Gasteiger partial charge < -0.3 is 4.90 Å². The highest BCUT2D eigenvalue weighted by Gasteiger charge is 2.30. The molecule has 1 heterocycles. The van der Waals surface area contributed by atoms with Crippen LogP contribution in [-0.2, 0) is 11.2 Å². The molecule has 1 aliphatic heterocycles. The number of hydrogen-bond donors (Lipinski definition) is 0. The van der Waals surface area contributed by atoms with Gasteiger partial charge in [0.15, 0.2) is 0 Å². The first-order chi connectivity index (χ1) is 12.1. The van der Waals surface area contributed by atoms with Crippen LogP contribution in [0.2, 0.25) is 0 Å². The summed E-state index contributed by atoms with van der Waals surface area (Å²) in [4.78, 5) is 17.1. The maximum Gasteiger partial charge on any atom is 0.225 e. The number of hydrogen-bond acceptors (Lipinski definition) is 2. The number of carbonyl (C=O) groups is 1. The van der Waals surface area contributed by atoms with Gasteiger partial charge in [0, 0.05) is 25.6 Å². The molecule has 0 aliphatic carbocycles. The van der Waals surface area contributed by atoms with Gasteiger partial charge in [0.2, 0.25) is 5.91 Å². The average molecular weight is 340 g/mol. The molecule has 25 heavy (non-hydrogen) atoms. The van der Waals surface area contributed by atoms with Crippen LogP contribution in [0.5, 0.6) is 0 Å². The Bertz CT molecular complexity index is 719. The third-order valence-electron chi connectivity index (χ3n) is 5.05. The molecule has 0 spiro atoms. The Morgan fingerprint density at radius 3 is 2.52 bits per heavy atom. The number of halogens is 1. The average Bonchev–Trinajstić information content (AvgIpc) is 2.64. The molecule has 3 nitrogen and oxygen atoms in total. The van der Waals surface area contributed by atoms with Crippen LogP contribution < -0.4 is 0 Å². The summed E-state index contributed by atoms with van der Waals surface area (Å²) in [6.45, 7) is 4.14. The minimum atomic E-state index is -0.234. The minimum absolute atomic E-state index is 0.109. The summed E-state index contributed by atoms with van der Waals surface area (Å²) in [6.07, 6.45) is 0.438. The van der Waals surface area contributed by atoms with Crippen LogP contribution >= 0.6 is 0 Å². The van der Waals surface area contributed by atoms with Gasteiger partial charge in [-0.25, -0.2) is 4.39 Å². The maximum atomic E-state index is 13.9. The zero-order valence-corrected chi connectivity index (χ0v) is 14.9. The zero-order chi connectivity index (χ0) is 17.8. The van der Waals surface area contributed by atoms with Crippen LogP contribution in [0.15, 0.2) is 54.6 Å². The summed E-state index contributed by atoms with van der Waals surface area (Å²) >= 11 is 0. The van der Waals surface area contributed by atoms with Crippen molar-refractivity contribution in [1.82, 2.24) is 9.80 Å². The Morgan fingerprint density at radius 2 is 1.80 bits per heavy atom.